The molecule has 3 rings (SSSR count). The molecule has 0 radical (unpaired) electrons. The number of carbonyl (C=O) groups is 2. The van der Waals surface area contributed by atoms with Crippen molar-refractivity contribution in [1.82, 2.24) is 14.9 Å². The van der Waals surface area contributed by atoms with Crippen LogP contribution in [-0.4, -0.2) is 33.6 Å². The normalized spacial score (nSPS) is 12.2. The highest BCUT2D eigenvalue weighted by molar-refractivity contribution is 5.91. The SMILES string of the molecule is CC[C@H](NC(=O)OC(C)(C)C)c1nc2cccc(NCCCCCC(C)=O)c2c(=O)n1-c1ccccc1. The maximum absolute atomic E-state index is 14.0. The lowest BCUT2D eigenvalue weighted by molar-refractivity contribution is -0.117. The van der Waals surface area contributed by atoms with Gasteiger partial charge in [-0.2, -0.15) is 0 Å². The molecule has 198 valence electrons. The zero-order valence-electron chi connectivity index (χ0n) is 22.5. The number of para-hydroxylation sites is 1. The van der Waals surface area contributed by atoms with Crippen LogP contribution in [0, 0.1) is 0 Å². The van der Waals surface area contributed by atoms with Crippen LogP contribution < -0.4 is 16.2 Å². The molecule has 3 aromatic rings. The third-order valence-corrected chi connectivity index (χ3v) is 5.87. The van der Waals surface area contributed by atoms with Gasteiger partial charge in [0, 0.05) is 18.7 Å². The number of anilines is 1. The highest BCUT2D eigenvalue weighted by Gasteiger charge is 2.25. The summed E-state index contributed by atoms with van der Waals surface area (Å²) in [6.07, 6.45) is 3.23. The number of benzene rings is 2. The van der Waals surface area contributed by atoms with Gasteiger partial charge in [-0.3, -0.25) is 9.36 Å². The lowest BCUT2D eigenvalue weighted by atomic mass is 10.1. The van der Waals surface area contributed by atoms with Crippen LogP contribution in [0.3, 0.4) is 0 Å². The lowest BCUT2D eigenvalue weighted by Gasteiger charge is -2.25. The van der Waals surface area contributed by atoms with E-state index in [1.807, 2.05) is 55.5 Å². The molecule has 1 amide bonds. The van der Waals surface area contributed by atoms with Crippen molar-refractivity contribution in [3.05, 3.63) is 64.7 Å². The number of nitrogens with zero attached hydrogens (tertiary/aromatic N) is 2. The smallest absolute Gasteiger partial charge is 0.408 e. The first kappa shape index (κ1) is 27.9. The quantitative estimate of drug-likeness (QED) is 0.313. The summed E-state index contributed by atoms with van der Waals surface area (Å²) in [5, 5.41) is 6.77. The minimum Gasteiger partial charge on any atom is -0.444 e. The van der Waals surface area contributed by atoms with Crippen molar-refractivity contribution in [3.8, 4) is 5.69 Å². The van der Waals surface area contributed by atoms with Gasteiger partial charge in [-0.15, -0.1) is 0 Å². The van der Waals surface area contributed by atoms with Crippen molar-refractivity contribution in [2.24, 2.45) is 0 Å². The topological polar surface area (TPSA) is 102 Å². The fraction of sp³-hybridized carbons (Fsp3) is 0.448. The molecule has 1 atom stereocenters. The van der Waals surface area contributed by atoms with E-state index < -0.39 is 17.7 Å². The molecule has 0 spiro atoms. The summed E-state index contributed by atoms with van der Waals surface area (Å²) >= 11 is 0. The van der Waals surface area contributed by atoms with Gasteiger partial charge < -0.3 is 20.2 Å². The molecule has 0 aliphatic rings. The Balaban J connectivity index is 2.01. The minimum absolute atomic E-state index is 0.205. The summed E-state index contributed by atoms with van der Waals surface area (Å²) < 4.78 is 7.04. The molecule has 2 N–H and O–H groups in total. The van der Waals surface area contributed by atoms with Gasteiger partial charge in [-0.1, -0.05) is 37.6 Å². The van der Waals surface area contributed by atoms with Gasteiger partial charge in [0.2, 0.25) is 0 Å². The molecule has 0 fully saturated rings. The predicted octanol–water partition coefficient (Wildman–Crippen LogP) is 5.92. The van der Waals surface area contributed by atoms with E-state index >= 15 is 0 Å². The highest BCUT2D eigenvalue weighted by Crippen LogP contribution is 2.25. The number of ether oxygens (including phenoxy) is 1. The molecule has 0 saturated heterocycles. The molecule has 8 nitrogen and oxygen atoms in total. The van der Waals surface area contributed by atoms with E-state index in [1.165, 1.54) is 0 Å². The average Bonchev–Trinajstić information content (AvgIpc) is 2.83. The third-order valence-electron chi connectivity index (χ3n) is 5.87. The molecular weight excluding hydrogens is 468 g/mol. The second-order valence-corrected chi connectivity index (χ2v) is 10.2. The zero-order chi connectivity index (χ0) is 27.0. The number of Topliss-reactive ketones (excluding diaryl/α,β-unsaturated/α-hetero) is 1. The minimum atomic E-state index is -0.648. The number of amides is 1. The Labute approximate surface area is 218 Å². The monoisotopic (exact) mass is 506 g/mol. The standard InChI is InChI=1S/C29H38N4O4/c1-6-22(32-28(36)37-29(3,4)5)26-31-24-18-13-17-23(30-19-12-8-9-14-20(2)34)25(24)27(35)33(26)21-15-10-7-11-16-21/h7,10-11,13,15-18,22,30H,6,8-9,12,14,19H2,1-5H3,(H,32,36)/t22-/m0/s1. The largest absolute Gasteiger partial charge is 0.444 e. The van der Waals surface area contributed by atoms with Crippen LogP contribution in [-0.2, 0) is 9.53 Å². The summed E-state index contributed by atoms with van der Waals surface area (Å²) in [5.41, 5.74) is 1.07. The van der Waals surface area contributed by atoms with Gasteiger partial charge in [-0.05, 0) is 71.2 Å². The Kier molecular flexibility index (Phi) is 9.44. The number of fused-ring (bicyclic) bond motifs is 1. The fourth-order valence-corrected chi connectivity index (χ4v) is 4.15. The summed E-state index contributed by atoms with van der Waals surface area (Å²) in [6, 6.07) is 14.3. The zero-order valence-corrected chi connectivity index (χ0v) is 22.5. The number of alkyl carbamates (subject to hydrolysis) is 1. The summed E-state index contributed by atoms with van der Waals surface area (Å²) in [6.45, 7) is 9.64. The molecule has 37 heavy (non-hydrogen) atoms. The van der Waals surface area contributed by atoms with Crippen molar-refractivity contribution in [3.63, 3.8) is 0 Å². The van der Waals surface area contributed by atoms with Gasteiger partial charge in [0.1, 0.15) is 17.2 Å². The van der Waals surface area contributed by atoms with Crippen molar-refractivity contribution < 1.29 is 14.3 Å². The number of hydrogen-bond acceptors (Lipinski definition) is 6. The lowest BCUT2D eigenvalue weighted by Crippen LogP contribution is -2.37. The second kappa shape index (κ2) is 12.5. The molecule has 0 unspecified atom stereocenters. The first-order valence-electron chi connectivity index (χ1n) is 12.9. The number of ketones is 1. The van der Waals surface area contributed by atoms with Gasteiger partial charge in [-0.25, -0.2) is 9.78 Å². The number of aromatic nitrogens is 2. The van der Waals surface area contributed by atoms with Gasteiger partial charge in [0.15, 0.2) is 0 Å². The number of unbranched alkanes of at least 4 members (excludes halogenated alkanes) is 2. The van der Waals surface area contributed by atoms with E-state index in [4.69, 9.17) is 9.72 Å². The van der Waals surface area contributed by atoms with Crippen LogP contribution in [0.25, 0.3) is 16.6 Å². The van der Waals surface area contributed by atoms with Crippen molar-refractivity contribution in [2.45, 2.75) is 78.4 Å². The van der Waals surface area contributed by atoms with Crippen molar-refractivity contribution in [2.75, 3.05) is 11.9 Å². The first-order chi connectivity index (χ1) is 17.6. The van der Waals surface area contributed by atoms with Crippen LogP contribution in [0.15, 0.2) is 53.3 Å². The van der Waals surface area contributed by atoms with Gasteiger partial charge >= 0.3 is 6.09 Å². The van der Waals surface area contributed by atoms with E-state index in [-0.39, 0.29) is 11.3 Å². The molecule has 1 aromatic heterocycles. The van der Waals surface area contributed by atoms with Crippen molar-refractivity contribution >= 4 is 28.5 Å². The number of carbonyl (C=O) groups excluding carboxylic acids is 2. The van der Waals surface area contributed by atoms with Gasteiger partial charge in [0.25, 0.3) is 5.56 Å². The molecule has 8 heteroatoms. The van der Waals surface area contributed by atoms with E-state index in [9.17, 15) is 14.4 Å². The maximum atomic E-state index is 14.0. The molecule has 0 aliphatic carbocycles. The number of hydrogen-bond donors (Lipinski definition) is 2. The predicted molar refractivity (Wildman–Crippen MR) is 147 cm³/mol. The van der Waals surface area contributed by atoms with E-state index in [1.54, 1.807) is 32.3 Å². The Morgan fingerprint density at radius 3 is 2.41 bits per heavy atom. The number of nitrogens with one attached hydrogen (secondary N) is 2. The van der Waals surface area contributed by atoms with Crippen LogP contribution in [0.5, 0.6) is 0 Å². The molecule has 0 saturated carbocycles. The molecule has 0 bridgehead atoms. The van der Waals surface area contributed by atoms with Crippen molar-refractivity contribution in [1.29, 1.82) is 0 Å². The highest BCUT2D eigenvalue weighted by atomic mass is 16.6. The summed E-state index contributed by atoms with van der Waals surface area (Å²) in [4.78, 5) is 42.7. The molecular formula is C29H38N4O4. The van der Waals surface area contributed by atoms with E-state index in [2.05, 4.69) is 10.6 Å². The van der Waals surface area contributed by atoms with Crippen LogP contribution in [0.1, 0.15) is 78.6 Å². The molecule has 1 heterocycles. The Morgan fingerprint density at radius 2 is 1.76 bits per heavy atom. The molecule has 0 aliphatic heterocycles. The van der Waals surface area contributed by atoms with E-state index in [0.717, 1.165) is 19.3 Å². The van der Waals surface area contributed by atoms with E-state index in [0.29, 0.717) is 47.5 Å². The Bertz CT molecular complexity index is 1280. The van der Waals surface area contributed by atoms with Gasteiger partial charge in [0.05, 0.1) is 22.6 Å². The Morgan fingerprint density at radius 1 is 1.03 bits per heavy atom. The summed E-state index contributed by atoms with van der Waals surface area (Å²) in [7, 11) is 0. The first-order valence-corrected chi connectivity index (χ1v) is 12.9. The number of rotatable bonds is 11. The van der Waals surface area contributed by atoms with Crippen LogP contribution in [0.4, 0.5) is 10.5 Å². The fourth-order valence-electron chi connectivity index (χ4n) is 4.15. The summed E-state index contributed by atoms with van der Waals surface area (Å²) in [5.74, 6) is 0.648. The Hall–Kier alpha value is -3.68. The van der Waals surface area contributed by atoms with Crippen LogP contribution in [0.2, 0.25) is 0 Å². The third kappa shape index (κ3) is 7.65. The van der Waals surface area contributed by atoms with Crippen LogP contribution >= 0.6 is 0 Å². The average molecular weight is 507 g/mol. The molecule has 2 aromatic carbocycles. The second-order valence-electron chi connectivity index (χ2n) is 10.2. The maximum Gasteiger partial charge on any atom is 0.408 e.